The maximum Gasteiger partial charge on any atom is 0.150 e. The van der Waals surface area contributed by atoms with Crippen LogP contribution in [0, 0.1) is 0 Å². The highest BCUT2D eigenvalue weighted by Gasteiger charge is 2.16. The van der Waals surface area contributed by atoms with E-state index in [1.165, 1.54) is 6.26 Å². The molecule has 1 fully saturated rings. The zero-order valence-electron chi connectivity index (χ0n) is 11.8. The van der Waals surface area contributed by atoms with Crippen molar-refractivity contribution in [3.63, 3.8) is 0 Å². The fraction of sp³-hybridized carbons (Fsp3) is 0.571. The topological polar surface area (TPSA) is 72.6 Å². The first-order chi connectivity index (χ1) is 9.44. The van der Waals surface area contributed by atoms with Crippen molar-refractivity contribution in [2.45, 2.75) is 18.9 Å². The number of hydrogen-bond acceptors (Lipinski definition) is 5. The van der Waals surface area contributed by atoms with Crippen LogP contribution in [0.3, 0.4) is 0 Å². The van der Waals surface area contributed by atoms with Crippen LogP contribution in [0.2, 0.25) is 0 Å². The largest absolute Gasteiger partial charge is 0.493 e. The molecule has 0 bridgehead atoms. The SMILES string of the molecule is CS(=O)(=O)CCOc1ccc(N2CCCC(N)C2)cc1. The molecule has 0 radical (unpaired) electrons. The highest BCUT2D eigenvalue weighted by Crippen LogP contribution is 2.22. The van der Waals surface area contributed by atoms with Gasteiger partial charge >= 0.3 is 0 Å². The molecule has 1 saturated heterocycles. The molecular formula is C14H22N2O3S. The summed E-state index contributed by atoms with van der Waals surface area (Å²) < 4.78 is 27.5. The molecule has 0 amide bonds. The normalized spacial score (nSPS) is 19.9. The Morgan fingerprint density at radius 2 is 2.05 bits per heavy atom. The van der Waals surface area contributed by atoms with Gasteiger partial charge in [-0.25, -0.2) is 8.42 Å². The fourth-order valence-electron chi connectivity index (χ4n) is 2.31. The maximum atomic E-state index is 11.0. The Labute approximate surface area is 120 Å². The molecule has 1 aliphatic heterocycles. The van der Waals surface area contributed by atoms with Crippen LogP contribution in [0.5, 0.6) is 5.75 Å². The van der Waals surface area contributed by atoms with E-state index in [4.69, 9.17) is 10.5 Å². The van der Waals surface area contributed by atoms with Gasteiger partial charge in [-0.3, -0.25) is 0 Å². The first kappa shape index (κ1) is 15.1. The van der Waals surface area contributed by atoms with Crippen molar-refractivity contribution >= 4 is 15.5 Å². The van der Waals surface area contributed by atoms with E-state index in [1.54, 1.807) is 0 Å². The van der Waals surface area contributed by atoms with E-state index in [-0.39, 0.29) is 18.4 Å². The Balaban J connectivity index is 1.89. The van der Waals surface area contributed by atoms with Crippen LogP contribution in [-0.4, -0.2) is 46.2 Å². The monoisotopic (exact) mass is 298 g/mol. The van der Waals surface area contributed by atoms with Crippen LogP contribution in [0.15, 0.2) is 24.3 Å². The molecule has 2 N–H and O–H groups in total. The van der Waals surface area contributed by atoms with Gasteiger partial charge in [0, 0.05) is 31.1 Å². The molecule has 1 atom stereocenters. The van der Waals surface area contributed by atoms with Gasteiger partial charge in [-0.2, -0.15) is 0 Å². The minimum atomic E-state index is -2.97. The summed E-state index contributed by atoms with van der Waals surface area (Å²) in [5.41, 5.74) is 7.11. The molecule has 112 valence electrons. The summed E-state index contributed by atoms with van der Waals surface area (Å²) in [5.74, 6) is 0.731. The van der Waals surface area contributed by atoms with Gasteiger partial charge in [-0.05, 0) is 37.1 Å². The molecule has 2 rings (SSSR count). The molecule has 1 heterocycles. The second-order valence-corrected chi connectivity index (χ2v) is 7.58. The Morgan fingerprint density at radius 3 is 2.65 bits per heavy atom. The van der Waals surface area contributed by atoms with Gasteiger partial charge in [-0.1, -0.05) is 0 Å². The molecule has 0 aromatic heterocycles. The van der Waals surface area contributed by atoms with Crippen LogP contribution in [0.1, 0.15) is 12.8 Å². The molecule has 20 heavy (non-hydrogen) atoms. The summed E-state index contributed by atoms with van der Waals surface area (Å²) in [6, 6.07) is 7.98. The fourth-order valence-corrected chi connectivity index (χ4v) is 2.69. The van der Waals surface area contributed by atoms with E-state index in [0.29, 0.717) is 5.75 Å². The number of ether oxygens (including phenoxy) is 1. The predicted molar refractivity (Wildman–Crippen MR) is 81.1 cm³/mol. The van der Waals surface area contributed by atoms with Crippen molar-refractivity contribution in [2.75, 3.05) is 36.6 Å². The summed E-state index contributed by atoms with van der Waals surface area (Å²) in [4.78, 5) is 2.27. The number of hydrogen-bond donors (Lipinski definition) is 1. The lowest BCUT2D eigenvalue weighted by molar-refractivity contribution is 0.341. The van der Waals surface area contributed by atoms with E-state index in [1.807, 2.05) is 24.3 Å². The lowest BCUT2D eigenvalue weighted by Gasteiger charge is -2.32. The van der Waals surface area contributed by atoms with E-state index >= 15 is 0 Å². The van der Waals surface area contributed by atoms with Gasteiger partial charge in [0.05, 0.1) is 5.75 Å². The van der Waals surface area contributed by atoms with E-state index in [2.05, 4.69) is 4.90 Å². The zero-order chi connectivity index (χ0) is 14.6. The van der Waals surface area contributed by atoms with Gasteiger partial charge in [0.15, 0.2) is 9.84 Å². The maximum absolute atomic E-state index is 11.0. The molecule has 0 saturated carbocycles. The number of piperidine rings is 1. The van der Waals surface area contributed by atoms with E-state index in [0.717, 1.165) is 31.6 Å². The Morgan fingerprint density at radius 1 is 1.35 bits per heavy atom. The van der Waals surface area contributed by atoms with Gasteiger partial charge in [0.2, 0.25) is 0 Å². The third-order valence-corrected chi connectivity index (χ3v) is 4.29. The first-order valence-electron chi connectivity index (χ1n) is 6.85. The summed E-state index contributed by atoms with van der Waals surface area (Å²) in [7, 11) is -2.97. The van der Waals surface area contributed by atoms with Gasteiger partial charge in [0.1, 0.15) is 12.4 Å². The van der Waals surface area contributed by atoms with Crippen LogP contribution in [0.25, 0.3) is 0 Å². The second kappa shape index (κ2) is 6.45. The van der Waals surface area contributed by atoms with Gasteiger partial charge in [-0.15, -0.1) is 0 Å². The lowest BCUT2D eigenvalue weighted by Crippen LogP contribution is -2.42. The van der Waals surface area contributed by atoms with Crippen molar-refractivity contribution in [2.24, 2.45) is 5.73 Å². The average molecular weight is 298 g/mol. The molecule has 1 aliphatic rings. The van der Waals surface area contributed by atoms with Crippen LogP contribution < -0.4 is 15.4 Å². The van der Waals surface area contributed by atoms with Gasteiger partial charge < -0.3 is 15.4 Å². The summed E-state index contributed by atoms with van der Waals surface area (Å²) in [6.45, 7) is 2.10. The number of sulfone groups is 1. The molecule has 1 aromatic carbocycles. The Bertz CT molecular complexity index is 528. The quantitative estimate of drug-likeness (QED) is 0.879. The number of anilines is 1. The number of benzene rings is 1. The smallest absolute Gasteiger partial charge is 0.150 e. The molecule has 6 heteroatoms. The average Bonchev–Trinajstić information content (AvgIpc) is 2.38. The first-order valence-corrected chi connectivity index (χ1v) is 8.91. The lowest BCUT2D eigenvalue weighted by atomic mass is 10.1. The van der Waals surface area contributed by atoms with Crippen LogP contribution in [-0.2, 0) is 9.84 Å². The molecule has 0 spiro atoms. The van der Waals surface area contributed by atoms with E-state index < -0.39 is 9.84 Å². The predicted octanol–water partition coefficient (Wildman–Crippen LogP) is 1.04. The zero-order valence-corrected chi connectivity index (χ0v) is 12.6. The Kier molecular flexibility index (Phi) is 4.88. The molecule has 1 aromatic rings. The highest BCUT2D eigenvalue weighted by molar-refractivity contribution is 7.90. The van der Waals surface area contributed by atoms with E-state index in [9.17, 15) is 8.42 Å². The van der Waals surface area contributed by atoms with Crippen molar-refractivity contribution in [1.82, 2.24) is 0 Å². The van der Waals surface area contributed by atoms with Crippen LogP contribution in [0.4, 0.5) is 5.69 Å². The van der Waals surface area contributed by atoms with Crippen molar-refractivity contribution in [3.8, 4) is 5.75 Å². The minimum absolute atomic E-state index is 0.0374. The highest BCUT2D eigenvalue weighted by atomic mass is 32.2. The minimum Gasteiger partial charge on any atom is -0.493 e. The summed E-state index contributed by atoms with van der Waals surface area (Å²) in [5, 5.41) is 0. The number of nitrogens with two attached hydrogens (primary N) is 1. The second-order valence-electron chi connectivity index (χ2n) is 5.32. The third kappa shape index (κ3) is 4.68. The van der Waals surface area contributed by atoms with Crippen molar-refractivity contribution in [3.05, 3.63) is 24.3 Å². The van der Waals surface area contributed by atoms with Gasteiger partial charge in [0.25, 0.3) is 0 Å². The van der Waals surface area contributed by atoms with Crippen molar-refractivity contribution < 1.29 is 13.2 Å². The molecule has 5 nitrogen and oxygen atoms in total. The Hall–Kier alpha value is -1.27. The molecule has 1 unspecified atom stereocenters. The third-order valence-electron chi connectivity index (χ3n) is 3.38. The number of rotatable bonds is 5. The molecular weight excluding hydrogens is 276 g/mol. The van der Waals surface area contributed by atoms with Crippen LogP contribution >= 0.6 is 0 Å². The van der Waals surface area contributed by atoms with Crippen molar-refractivity contribution in [1.29, 1.82) is 0 Å². The standard InChI is InChI=1S/C14H22N2O3S/c1-20(17,18)10-9-19-14-6-4-13(5-7-14)16-8-2-3-12(15)11-16/h4-7,12H,2-3,8-11,15H2,1H3. The number of nitrogens with zero attached hydrogens (tertiary/aromatic N) is 1. The summed E-state index contributed by atoms with van der Waals surface area (Å²) in [6.07, 6.45) is 3.41. The molecule has 0 aliphatic carbocycles. The summed E-state index contributed by atoms with van der Waals surface area (Å²) >= 11 is 0.